The molecule has 28 heavy (non-hydrogen) atoms. The summed E-state index contributed by atoms with van der Waals surface area (Å²) in [5.41, 5.74) is 0.893. The van der Waals surface area contributed by atoms with Gasteiger partial charge in [0.1, 0.15) is 5.69 Å². The van der Waals surface area contributed by atoms with E-state index in [9.17, 15) is 14.7 Å². The van der Waals surface area contributed by atoms with Gasteiger partial charge in [-0.3, -0.25) is 9.48 Å². The van der Waals surface area contributed by atoms with E-state index in [1.54, 1.807) is 31.2 Å². The van der Waals surface area contributed by atoms with Gasteiger partial charge in [0.2, 0.25) is 0 Å². The largest absolute Gasteiger partial charge is 0.465 e. The Bertz CT molecular complexity index is 929. The van der Waals surface area contributed by atoms with Crippen LogP contribution in [0.5, 0.6) is 0 Å². The molecule has 1 atom stereocenters. The first kappa shape index (κ1) is 18.4. The zero-order valence-electron chi connectivity index (χ0n) is 15.3. The second-order valence-corrected chi connectivity index (χ2v) is 7.25. The molecule has 2 aromatic rings. The Hall–Kier alpha value is -2.97. The van der Waals surface area contributed by atoms with E-state index in [0.29, 0.717) is 5.69 Å². The van der Waals surface area contributed by atoms with Crippen LogP contribution in [0.4, 0.5) is 13.6 Å². The quantitative estimate of drug-likeness (QED) is 0.854. The molecule has 1 aromatic heterocycles. The lowest BCUT2D eigenvalue weighted by Gasteiger charge is -2.31. The molecule has 0 fully saturated rings. The Morgan fingerprint density at radius 1 is 1.29 bits per heavy atom. The number of nitrogens with zero attached hydrogens (tertiary/aromatic N) is 4. The molecule has 0 saturated carbocycles. The van der Waals surface area contributed by atoms with Crippen molar-refractivity contribution in [1.82, 2.24) is 19.6 Å². The summed E-state index contributed by atoms with van der Waals surface area (Å²) >= 11 is 0. The molecule has 7 nitrogen and oxygen atoms in total. The molecule has 4 rings (SSSR count). The molecular formula is C19H20F2N4O3. The predicted octanol–water partition coefficient (Wildman–Crippen LogP) is 2.44. The smallest absolute Gasteiger partial charge is 0.407 e. The lowest BCUT2D eigenvalue weighted by molar-refractivity contribution is -0.159. The number of fused-ring (bicyclic) bond motifs is 3. The van der Waals surface area contributed by atoms with Gasteiger partial charge in [-0.05, 0) is 12.5 Å². The molecule has 0 unspecified atom stereocenters. The van der Waals surface area contributed by atoms with E-state index >= 15 is 8.78 Å². The highest BCUT2D eigenvalue weighted by Crippen LogP contribution is 2.39. The number of carbonyl (C=O) groups is 2. The Balaban J connectivity index is 1.69. The minimum Gasteiger partial charge on any atom is -0.465 e. The molecule has 1 aromatic carbocycles. The number of aromatic nitrogens is 2. The van der Waals surface area contributed by atoms with E-state index in [1.165, 1.54) is 4.68 Å². The van der Waals surface area contributed by atoms with Gasteiger partial charge in [-0.25, -0.2) is 4.79 Å². The summed E-state index contributed by atoms with van der Waals surface area (Å²) in [6.07, 6.45) is -0.924. The van der Waals surface area contributed by atoms with Gasteiger partial charge >= 0.3 is 12.0 Å². The molecule has 0 saturated heterocycles. The third-order valence-electron chi connectivity index (χ3n) is 5.38. The molecule has 3 heterocycles. The van der Waals surface area contributed by atoms with Gasteiger partial charge in [0, 0.05) is 31.1 Å². The average molecular weight is 390 g/mol. The lowest BCUT2D eigenvalue weighted by Crippen LogP contribution is -2.44. The van der Waals surface area contributed by atoms with Gasteiger partial charge in [-0.2, -0.15) is 13.9 Å². The molecule has 2 aliphatic heterocycles. The van der Waals surface area contributed by atoms with Gasteiger partial charge in [0.05, 0.1) is 18.8 Å². The summed E-state index contributed by atoms with van der Waals surface area (Å²) in [5.74, 6) is -5.05. The van der Waals surface area contributed by atoms with Crippen molar-refractivity contribution >= 4 is 12.0 Å². The second kappa shape index (κ2) is 6.57. The van der Waals surface area contributed by atoms with E-state index in [2.05, 4.69) is 5.10 Å². The zero-order valence-corrected chi connectivity index (χ0v) is 15.3. The van der Waals surface area contributed by atoms with Crippen molar-refractivity contribution in [2.45, 2.75) is 44.9 Å². The topological polar surface area (TPSA) is 78.7 Å². The van der Waals surface area contributed by atoms with Crippen molar-refractivity contribution in [2.75, 3.05) is 6.54 Å². The first-order valence-corrected chi connectivity index (χ1v) is 9.08. The summed E-state index contributed by atoms with van der Waals surface area (Å²) in [7, 11) is 0. The van der Waals surface area contributed by atoms with Gasteiger partial charge in [-0.1, -0.05) is 30.3 Å². The number of benzene rings is 1. The van der Waals surface area contributed by atoms with Crippen LogP contribution in [0.2, 0.25) is 0 Å². The van der Waals surface area contributed by atoms with Gasteiger partial charge < -0.3 is 14.9 Å². The first-order chi connectivity index (χ1) is 13.3. The molecule has 2 amide bonds. The van der Waals surface area contributed by atoms with Crippen molar-refractivity contribution in [3.05, 3.63) is 52.8 Å². The van der Waals surface area contributed by atoms with Gasteiger partial charge in [0.25, 0.3) is 5.91 Å². The Morgan fingerprint density at radius 2 is 2.00 bits per heavy atom. The first-order valence-electron chi connectivity index (χ1n) is 9.08. The van der Waals surface area contributed by atoms with Crippen LogP contribution in [-0.2, 0) is 36.8 Å². The fourth-order valence-electron chi connectivity index (χ4n) is 3.94. The Morgan fingerprint density at radius 3 is 2.68 bits per heavy atom. The maximum absolute atomic E-state index is 15.2. The lowest BCUT2D eigenvalue weighted by atomic mass is 9.97. The summed E-state index contributed by atoms with van der Waals surface area (Å²) in [6.45, 7) is 1.85. The molecule has 0 radical (unpaired) electrons. The molecule has 2 aliphatic rings. The number of carboxylic acid groups (broad SMARTS) is 1. The van der Waals surface area contributed by atoms with E-state index in [0.717, 1.165) is 15.4 Å². The molecule has 148 valence electrons. The highest BCUT2D eigenvalue weighted by molar-refractivity contribution is 5.85. The fraction of sp³-hybridized carbons (Fsp3) is 0.421. The van der Waals surface area contributed by atoms with Gasteiger partial charge in [0.15, 0.2) is 0 Å². The highest BCUT2D eigenvalue weighted by atomic mass is 19.3. The number of halogens is 2. The van der Waals surface area contributed by atoms with Crippen LogP contribution in [0.25, 0.3) is 0 Å². The number of rotatable bonds is 2. The van der Waals surface area contributed by atoms with E-state index in [-0.39, 0.29) is 44.2 Å². The number of alkyl halides is 2. The van der Waals surface area contributed by atoms with E-state index in [4.69, 9.17) is 0 Å². The maximum atomic E-state index is 15.2. The maximum Gasteiger partial charge on any atom is 0.407 e. The number of carbonyl (C=O) groups excluding carboxylic acids is 1. The van der Waals surface area contributed by atoms with Crippen molar-refractivity contribution < 1.29 is 23.5 Å². The van der Waals surface area contributed by atoms with Crippen LogP contribution < -0.4 is 0 Å². The van der Waals surface area contributed by atoms with Crippen LogP contribution in [0.3, 0.4) is 0 Å². The summed E-state index contributed by atoms with van der Waals surface area (Å²) in [5, 5.41) is 13.7. The van der Waals surface area contributed by atoms with E-state index in [1.807, 2.05) is 6.07 Å². The molecule has 0 bridgehead atoms. The second-order valence-electron chi connectivity index (χ2n) is 7.25. The molecule has 0 aliphatic carbocycles. The van der Waals surface area contributed by atoms with Crippen LogP contribution in [-0.4, -0.2) is 49.3 Å². The average Bonchev–Trinajstić information content (AvgIpc) is 2.98. The molecule has 0 spiro atoms. The number of amides is 2. The van der Waals surface area contributed by atoms with Crippen LogP contribution in [0, 0.1) is 0 Å². The standard InChI is InChI=1S/C19H20F2N4O3/c1-12-9-15-14(11-24(12)18(27)28)16-19(20,21)17(26)23(7-8-25(16)22-15)10-13-5-3-2-4-6-13/h2-6,12H,7-11H2,1H3,(H,27,28)/t12-/m1/s1. The van der Waals surface area contributed by atoms with Crippen LogP contribution in [0.15, 0.2) is 30.3 Å². The van der Waals surface area contributed by atoms with Crippen molar-refractivity contribution in [3.63, 3.8) is 0 Å². The normalized spacial score (nSPS) is 21.1. The van der Waals surface area contributed by atoms with Crippen molar-refractivity contribution in [1.29, 1.82) is 0 Å². The summed E-state index contributed by atoms with van der Waals surface area (Å²) in [4.78, 5) is 26.4. The third-order valence-corrected chi connectivity index (χ3v) is 5.38. The molecule has 1 N–H and O–H groups in total. The molecule has 9 heteroatoms. The number of hydrogen-bond acceptors (Lipinski definition) is 3. The van der Waals surface area contributed by atoms with Crippen LogP contribution in [0.1, 0.15) is 29.4 Å². The monoisotopic (exact) mass is 390 g/mol. The minimum atomic E-state index is -3.77. The zero-order chi connectivity index (χ0) is 20.1. The summed E-state index contributed by atoms with van der Waals surface area (Å²) < 4.78 is 31.7. The SMILES string of the molecule is C[C@@H]1Cc2nn3c(c2CN1C(=O)O)C(F)(F)C(=O)N(Cc1ccccc1)CC3. The highest BCUT2D eigenvalue weighted by Gasteiger charge is 2.51. The van der Waals surface area contributed by atoms with Crippen molar-refractivity contribution in [2.24, 2.45) is 0 Å². The van der Waals surface area contributed by atoms with Gasteiger partial charge in [-0.15, -0.1) is 0 Å². The third kappa shape index (κ3) is 2.90. The van der Waals surface area contributed by atoms with Crippen molar-refractivity contribution in [3.8, 4) is 0 Å². The minimum absolute atomic E-state index is 0.0839. The van der Waals surface area contributed by atoms with Crippen LogP contribution >= 0.6 is 0 Å². The summed E-state index contributed by atoms with van der Waals surface area (Å²) in [6, 6.07) is 8.60. The van der Waals surface area contributed by atoms with E-state index < -0.39 is 23.6 Å². The predicted molar refractivity (Wildman–Crippen MR) is 94.7 cm³/mol. The Kier molecular flexibility index (Phi) is 4.32. The number of hydrogen-bond donors (Lipinski definition) is 1. The molecular weight excluding hydrogens is 370 g/mol. The fourth-order valence-corrected chi connectivity index (χ4v) is 3.94. The Labute approximate surface area is 160 Å².